The Bertz CT molecular complexity index is 229. The summed E-state index contributed by atoms with van der Waals surface area (Å²) in [4.78, 5) is 13.9. The van der Waals surface area contributed by atoms with Gasteiger partial charge in [0.1, 0.15) is 0 Å². The number of amides is 1. The zero-order chi connectivity index (χ0) is 9.47. The molecule has 2 unspecified atom stereocenters. The molecular weight excluding hydrogens is 164 g/mol. The van der Waals surface area contributed by atoms with Crippen molar-refractivity contribution in [1.29, 1.82) is 0 Å². The predicted octanol–water partition coefficient (Wildman–Crippen LogP) is 0.954. The minimum Gasteiger partial charge on any atom is -0.324 e. The maximum atomic E-state index is 11.9. The molecule has 74 valence electrons. The maximum Gasteiger partial charge on any atom is 0.226 e. The molecule has 2 atom stereocenters. The second-order valence-electron chi connectivity index (χ2n) is 4.48. The lowest BCUT2D eigenvalue weighted by Gasteiger charge is -2.50. The van der Waals surface area contributed by atoms with E-state index in [-0.39, 0.29) is 11.6 Å². The quantitative estimate of drug-likeness (QED) is 0.605. The highest BCUT2D eigenvalue weighted by Crippen LogP contribution is 2.31. The Morgan fingerprint density at radius 2 is 2.38 bits per heavy atom. The predicted molar refractivity (Wildman–Crippen MR) is 51.1 cm³/mol. The monoisotopic (exact) mass is 182 g/mol. The SMILES string of the molecule is CC1CCC2(C)NCCCN2C1=O. The maximum absolute atomic E-state index is 11.9. The molecule has 0 aliphatic carbocycles. The third-order valence-electron chi connectivity index (χ3n) is 3.41. The van der Waals surface area contributed by atoms with Crippen molar-refractivity contribution in [3.05, 3.63) is 0 Å². The Labute approximate surface area is 79.5 Å². The summed E-state index contributed by atoms with van der Waals surface area (Å²) in [6.07, 6.45) is 3.22. The lowest BCUT2D eigenvalue weighted by Crippen LogP contribution is -2.66. The number of piperidine rings is 1. The van der Waals surface area contributed by atoms with Crippen molar-refractivity contribution in [3.63, 3.8) is 0 Å². The number of nitrogens with one attached hydrogen (secondary N) is 1. The first-order valence-corrected chi connectivity index (χ1v) is 5.20. The van der Waals surface area contributed by atoms with Crippen LogP contribution in [-0.2, 0) is 4.79 Å². The van der Waals surface area contributed by atoms with Crippen LogP contribution in [0, 0.1) is 5.92 Å². The molecule has 2 aliphatic heterocycles. The van der Waals surface area contributed by atoms with Gasteiger partial charge in [0.05, 0.1) is 5.66 Å². The van der Waals surface area contributed by atoms with Gasteiger partial charge in [0.2, 0.25) is 5.91 Å². The summed E-state index contributed by atoms with van der Waals surface area (Å²) in [5.41, 5.74) is -0.0398. The number of carbonyl (C=O) groups is 1. The molecular formula is C10H18N2O. The lowest BCUT2D eigenvalue weighted by molar-refractivity contribution is -0.150. The van der Waals surface area contributed by atoms with Gasteiger partial charge in [-0.1, -0.05) is 6.92 Å². The number of hydrogen-bond acceptors (Lipinski definition) is 2. The average molecular weight is 182 g/mol. The van der Waals surface area contributed by atoms with E-state index in [9.17, 15) is 4.79 Å². The van der Waals surface area contributed by atoms with Crippen LogP contribution in [0.2, 0.25) is 0 Å². The first kappa shape index (κ1) is 9.00. The molecule has 3 heteroatoms. The number of nitrogens with zero attached hydrogens (tertiary/aromatic N) is 1. The highest BCUT2D eigenvalue weighted by molar-refractivity contribution is 5.80. The Kier molecular flexibility index (Phi) is 2.06. The van der Waals surface area contributed by atoms with Gasteiger partial charge in [0, 0.05) is 12.5 Å². The van der Waals surface area contributed by atoms with Gasteiger partial charge < -0.3 is 4.90 Å². The zero-order valence-corrected chi connectivity index (χ0v) is 8.47. The van der Waals surface area contributed by atoms with Gasteiger partial charge in [-0.15, -0.1) is 0 Å². The molecule has 0 aromatic carbocycles. The molecule has 2 rings (SSSR count). The molecule has 0 aromatic rings. The molecule has 2 fully saturated rings. The minimum atomic E-state index is -0.0398. The zero-order valence-electron chi connectivity index (χ0n) is 8.47. The molecule has 0 spiro atoms. The van der Waals surface area contributed by atoms with Gasteiger partial charge in [-0.05, 0) is 32.7 Å². The molecule has 2 saturated heterocycles. The van der Waals surface area contributed by atoms with Crippen LogP contribution in [0.5, 0.6) is 0 Å². The van der Waals surface area contributed by atoms with Gasteiger partial charge >= 0.3 is 0 Å². The molecule has 0 saturated carbocycles. The van der Waals surface area contributed by atoms with E-state index in [2.05, 4.69) is 12.2 Å². The number of hydrogen-bond donors (Lipinski definition) is 1. The van der Waals surface area contributed by atoms with Crippen LogP contribution in [0.4, 0.5) is 0 Å². The molecule has 1 N–H and O–H groups in total. The average Bonchev–Trinajstić information content (AvgIpc) is 2.12. The summed E-state index contributed by atoms with van der Waals surface area (Å²) in [6.45, 7) is 6.17. The normalized spacial score (nSPS) is 40.3. The fourth-order valence-electron chi connectivity index (χ4n) is 2.40. The van der Waals surface area contributed by atoms with Crippen molar-refractivity contribution < 1.29 is 4.79 Å². The van der Waals surface area contributed by atoms with Crippen molar-refractivity contribution in [1.82, 2.24) is 10.2 Å². The first-order chi connectivity index (χ1) is 6.13. The Morgan fingerprint density at radius 3 is 3.15 bits per heavy atom. The molecule has 2 heterocycles. The van der Waals surface area contributed by atoms with Crippen molar-refractivity contribution in [2.75, 3.05) is 13.1 Å². The molecule has 2 aliphatic rings. The molecule has 13 heavy (non-hydrogen) atoms. The van der Waals surface area contributed by atoms with E-state index in [0.717, 1.165) is 32.4 Å². The van der Waals surface area contributed by atoms with E-state index in [4.69, 9.17) is 0 Å². The fourth-order valence-corrected chi connectivity index (χ4v) is 2.40. The standard InChI is InChI=1S/C10H18N2O/c1-8-4-5-10(2)11-6-3-7-12(10)9(8)13/h8,11H,3-7H2,1-2H3. The number of fused-ring (bicyclic) bond motifs is 1. The van der Waals surface area contributed by atoms with Gasteiger partial charge in [0.15, 0.2) is 0 Å². The molecule has 3 nitrogen and oxygen atoms in total. The van der Waals surface area contributed by atoms with E-state index in [1.807, 2.05) is 11.8 Å². The van der Waals surface area contributed by atoms with Gasteiger partial charge in [-0.25, -0.2) is 0 Å². The largest absolute Gasteiger partial charge is 0.324 e. The fraction of sp³-hybridized carbons (Fsp3) is 0.900. The summed E-state index contributed by atoms with van der Waals surface area (Å²) in [7, 11) is 0. The Balaban J connectivity index is 2.20. The molecule has 0 aromatic heterocycles. The summed E-state index contributed by atoms with van der Waals surface area (Å²) in [5, 5.41) is 3.45. The van der Waals surface area contributed by atoms with Gasteiger partial charge in [-0.2, -0.15) is 0 Å². The third-order valence-corrected chi connectivity index (χ3v) is 3.41. The minimum absolute atomic E-state index is 0.0398. The van der Waals surface area contributed by atoms with Crippen molar-refractivity contribution in [3.8, 4) is 0 Å². The van der Waals surface area contributed by atoms with Crippen LogP contribution in [0.1, 0.15) is 33.1 Å². The summed E-state index contributed by atoms with van der Waals surface area (Å²) >= 11 is 0. The van der Waals surface area contributed by atoms with Crippen LogP contribution in [0.15, 0.2) is 0 Å². The summed E-state index contributed by atoms with van der Waals surface area (Å²) < 4.78 is 0. The topological polar surface area (TPSA) is 32.3 Å². The van der Waals surface area contributed by atoms with Gasteiger partial charge in [-0.3, -0.25) is 10.1 Å². The van der Waals surface area contributed by atoms with E-state index in [1.165, 1.54) is 0 Å². The van der Waals surface area contributed by atoms with Crippen LogP contribution in [0.25, 0.3) is 0 Å². The summed E-state index contributed by atoms with van der Waals surface area (Å²) in [6, 6.07) is 0. The van der Waals surface area contributed by atoms with E-state index >= 15 is 0 Å². The van der Waals surface area contributed by atoms with Crippen molar-refractivity contribution in [2.24, 2.45) is 5.92 Å². The second kappa shape index (κ2) is 2.98. The molecule has 0 radical (unpaired) electrons. The molecule has 1 amide bonds. The van der Waals surface area contributed by atoms with Crippen LogP contribution >= 0.6 is 0 Å². The Hall–Kier alpha value is -0.570. The van der Waals surface area contributed by atoms with Crippen molar-refractivity contribution in [2.45, 2.75) is 38.8 Å². The van der Waals surface area contributed by atoms with Crippen LogP contribution in [0.3, 0.4) is 0 Å². The smallest absolute Gasteiger partial charge is 0.226 e. The number of rotatable bonds is 0. The molecule has 0 bridgehead atoms. The second-order valence-corrected chi connectivity index (χ2v) is 4.48. The highest BCUT2D eigenvalue weighted by atomic mass is 16.2. The van der Waals surface area contributed by atoms with Crippen LogP contribution < -0.4 is 5.32 Å². The van der Waals surface area contributed by atoms with Crippen molar-refractivity contribution >= 4 is 5.91 Å². The van der Waals surface area contributed by atoms with E-state index < -0.39 is 0 Å². The Morgan fingerprint density at radius 1 is 1.62 bits per heavy atom. The number of carbonyl (C=O) groups excluding carboxylic acids is 1. The third kappa shape index (κ3) is 1.35. The van der Waals surface area contributed by atoms with E-state index in [1.54, 1.807) is 0 Å². The summed E-state index contributed by atoms with van der Waals surface area (Å²) in [5.74, 6) is 0.564. The highest BCUT2D eigenvalue weighted by Gasteiger charge is 2.42. The van der Waals surface area contributed by atoms with Crippen LogP contribution in [-0.4, -0.2) is 29.6 Å². The van der Waals surface area contributed by atoms with E-state index in [0.29, 0.717) is 5.91 Å². The lowest BCUT2D eigenvalue weighted by atomic mass is 9.88. The first-order valence-electron chi connectivity index (χ1n) is 5.20. The van der Waals surface area contributed by atoms with Gasteiger partial charge in [0.25, 0.3) is 0 Å².